The summed E-state index contributed by atoms with van der Waals surface area (Å²) < 4.78 is 67.3. The molecule has 1 fully saturated rings. The molecule has 0 bridgehead atoms. The lowest BCUT2D eigenvalue weighted by Gasteiger charge is -2.35. The molecule has 1 aliphatic rings. The van der Waals surface area contributed by atoms with Gasteiger partial charge in [-0.2, -0.15) is 0 Å². The van der Waals surface area contributed by atoms with Crippen LogP contribution in [0.1, 0.15) is 95.2 Å². The average molecular weight is 1260 g/mol. The molecule has 21 nitrogen and oxygen atoms in total. The lowest BCUT2D eigenvalue weighted by atomic mass is 9.85. The van der Waals surface area contributed by atoms with Crippen LogP contribution in [0.2, 0.25) is 0 Å². The number of hydrogen-bond donors (Lipinski definition) is 4. The Hall–Kier alpha value is -6.63. The highest BCUT2D eigenvalue weighted by atomic mass is 33.1. The topological polar surface area (TPSA) is 276 Å². The maximum atomic E-state index is 14.5. The number of likely N-dealkylation sites (N-methyl/N-ethyl adjacent to an activating group) is 1. The van der Waals surface area contributed by atoms with Gasteiger partial charge in [-0.1, -0.05) is 107 Å². The molecule has 4 N–H and O–H groups in total. The van der Waals surface area contributed by atoms with Crippen LogP contribution in [0.25, 0.3) is 21.6 Å². The lowest BCUT2D eigenvalue weighted by Crippen LogP contribution is -2.57. The van der Waals surface area contributed by atoms with Crippen LogP contribution in [-0.2, 0) is 58.1 Å². The number of carbonyl (C=O) groups excluding carboxylic acids is 5. The van der Waals surface area contributed by atoms with Crippen LogP contribution in [0, 0.1) is 12.3 Å². The second-order valence-corrected chi connectivity index (χ2v) is 29.2. The first-order valence-corrected chi connectivity index (χ1v) is 33.6. The van der Waals surface area contributed by atoms with Gasteiger partial charge in [0, 0.05) is 32.7 Å². The Kier molecular flexibility index (Phi) is 24.9. The van der Waals surface area contributed by atoms with E-state index in [2.05, 4.69) is 22.5 Å². The molecule has 1 aromatic heterocycles. The minimum absolute atomic E-state index is 0.000607. The van der Waals surface area contributed by atoms with Gasteiger partial charge in [-0.05, 0) is 107 Å². The number of nitrogens with one attached hydrogen (secondary N) is 2. The Morgan fingerprint density at radius 3 is 2.02 bits per heavy atom. The third-order valence-corrected chi connectivity index (χ3v) is 18.1. The number of carbonyl (C=O) groups is 5. The first-order chi connectivity index (χ1) is 40.6. The molecule has 4 aromatic carbocycles. The molecular formula is C61H78N5O16PS3. The number of phosphoric acid groups is 1. The van der Waals surface area contributed by atoms with E-state index < -0.39 is 68.9 Å². The van der Waals surface area contributed by atoms with Gasteiger partial charge in [-0.25, -0.2) is 22.8 Å². The van der Waals surface area contributed by atoms with Crippen molar-refractivity contribution in [3.05, 3.63) is 137 Å². The molecule has 2 heterocycles. The zero-order valence-corrected chi connectivity index (χ0v) is 53.3. The van der Waals surface area contributed by atoms with E-state index in [4.69, 9.17) is 28.2 Å². The van der Waals surface area contributed by atoms with E-state index in [1.54, 1.807) is 64.2 Å². The van der Waals surface area contributed by atoms with Crippen molar-refractivity contribution in [1.29, 1.82) is 0 Å². The molecule has 5 aromatic rings. The molecular weight excluding hydrogens is 1190 g/mol. The van der Waals surface area contributed by atoms with Crippen LogP contribution in [0.3, 0.4) is 0 Å². The summed E-state index contributed by atoms with van der Waals surface area (Å²) in [7, 11) is -5.87. The Labute approximate surface area is 511 Å². The SMILES string of the molecule is CC/C(=C(/c1ccc(OCCN(C)C(=O)CCOCCOCCC(=O)N[C@H](C(=O)N2C[C@H](OC(=O)OCC(C)(C)SS(C)(=O)=O)C[C@H]2C(=O)NCc2ccc(-c3scnc3C)cc2)C(C)(C)C)cc1)c1ccc(OP(=O)(O)O)cc1)c1ccccc1. The third kappa shape index (κ3) is 21.7. The van der Waals surface area contributed by atoms with Crippen molar-refractivity contribution < 1.29 is 75.0 Å². The molecule has 3 atom stereocenters. The van der Waals surface area contributed by atoms with Crippen molar-refractivity contribution in [2.75, 3.05) is 66.0 Å². The summed E-state index contributed by atoms with van der Waals surface area (Å²) in [5.41, 5.74) is 8.40. The van der Waals surface area contributed by atoms with Crippen LogP contribution in [0.5, 0.6) is 11.5 Å². The Balaban J connectivity index is 0.942. The number of rotatable bonds is 30. The van der Waals surface area contributed by atoms with Crippen LogP contribution in [0.15, 0.2) is 109 Å². The second-order valence-electron chi connectivity index (χ2n) is 22.2. The third-order valence-electron chi connectivity index (χ3n) is 13.6. The summed E-state index contributed by atoms with van der Waals surface area (Å²) in [5.74, 6) is -1.05. The number of thiazole rings is 1. The minimum atomic E-state index is -4.72. The van der Waals surface area contributed by atoms with Crippen LogP contribution in [0.4, 0.5) is 4.79 Å². The van der Waals surface area contributed by atoms with Crippen molar-refractivity contribution in [2.24, 2.45) is 5.41 Å². The molecule has 4 amide bonds. The molecule has 1 aliphatic heterocycles. The van der Waals surface area contributed by atoms with Gasteiger partial charge in [0.05, 0.1) is 66.8 Å². The summed E-state index contributed by atoms with van der Waals surface area (Å²) >= 11 is 1.53. The zero-order chi connectivity index (χ0) is 62.8. The van der Waals surface area contributed by atoms with E-state index in [-0.39, 0.29) is 83.6 Å². The van der Waals surface area contributed by atoms with Gasteiger partial charge in [0.2, 0.25) is 23.6 Å². The number of allylic oxidation sites excluding steroid dienone is 1. The van der Waals surface area contributed by atoms with Gasteiger partial charge in [0.25, 0.3) is 0 Å². The molecule has 0 aliphatic carbocycles. The average Bonchev–Trinajstić information content (AvgIpc) is 1.82. The number of likely N-dealkylation sites (tertiary alicyclic amines) is 1. The fraction of sp³-hybridized carbons (Fsp3) is 0.443. The monoisotopic (exact) mass is 1260 g/mol. The zero-order valence-electron chi connectivity index (χ0n) is 49.9. The molecule has 25 heteroatoms. The molecule has 1 saturated heterocycles. The summed E-state index contributed by atoms with van der Waals surface area (Å²) in [4.78, 5) is 94.7. The summed E-state index contributed by atoms with van der Waals surface area (Å²) in [5, 5.41) is 5.75. The smallest absolute Gasteiger partial charge is 0.492 e. The fourth-order valence-electron chi connectivity index (χ4n) is 9.40. The minimum Gasteiger partial charge on any atom is -0.492 e. The van der Waals surface area contributed by atoms with Gasteiger partial charge in [0.1, 0.15) is 42.9 Å². The van der Waals surface area contributed by atoms with E-state index in [9.17, 15) is 46.7 Å². The van der Waals surface area contributed by atoms with Crippen LogP contribution in [-0.4, -0.2) is 152 Å². The number of aryl methyl sites for hydroxylation is 1. The largest absolute Gasteiger partial charge is 0.524 e. The van der Waals surface area contributed by atoms with Crippen molar-refractivity contribution in [3.63, 3.8) is 0 Å². The number of amides is 4. The Morgan fingerprint density at radius 1 is 0.837 bits per heavy atom. The van der Waals surface area contributed by atoms with Gasteiger partial charge < -0.3 is 48.6 Å². The van der Waals surface area contributed by atoms with E-state index in [1.165, 1.54) is 28.4 Å². The first kappa shape index (κ1) is 68.5. The highest BCUT2D eigenvalue weighted by Crippen LogP contribution is 2.40. The van der Waals surface area contributed by atoms with Gasteiger partial charge in [-0.3, -0.25) is 29.0 Å². The Bertz CT molecular complexity index is 3280. The van der Waals surface area contributed by atoms with Crippen molar-refractivity contribution in [2.45, 2.75) is 104 Å². The number of aromatic nitrogens is 1. The molecule has 6 rings (SSSR count). The number of benzene rings is 4. The fourth-order valence-corrected chi connectivity index (χ4v) is 14.1. The van der Waals surface area contributed by atoms with E-state index in [0.29, 0.717) is 29.5 Å². The quantitative estimate of drug-likeness (QED) is 0.0110. The van der Waals surface area contributed by atoms with Crippen LogP contribution >= 0.6 is 30.0 Å². The standard InChI is InChI=1S/C61H78N5O16PS3/c1-10-50(43-14-12-11-13-15-43)54(45-22-26-48(27-23-45)82-83(72,73)74)44-20-24-47(25-21-44)79-33-30-65(8)53(68)29-32-78-35-34-77-31-28-52(67)64-56(60(3,4)5)58(70)66-38-49(81-59(71)80-39-61(6,7)85-86(9,75)76)36-51(66)57(69)62-37-42-16-18-46(19-17-42)55-41(2)63-40-84-55/h11-27,40,49,51,56H,10,28-39H2,1-9H3,(H,62,69)(H,64,67)(H2,72,73,74)/b54-50+/t49-,51+,56-/m1/s1. The first-order valence-electron chi connectivity index (χ1n) is 28.0. The molecule has 466 valence electrons. The van der Waals surface area contributed by atoms with Crippen molar-refractivity contribution >= 4 is 79.8 Å². The lowest BCUT2D eigenvalue weighted by molar-refractivity contribution is -0.144. The second kappa shape index (κ2) is 31.3. The van der Waals surface area contributed by atoms with E-state index in [1.807, 2.05) is 85.8 Å². The molecule has 0 saturated carbocycles. The van der Waals surface area contributed by atoms with Gasteiger partial charge in [0.15, 0.2) is 8.87 Å². The maximum Gasteiger partial charge on any atom is 0.524 e. The molecule has 0 unspecified atom stereocenters. The number of ether oxygens (including phenoxy) is 5. The summed E-state index contributed by atoms with van der Waals surface area (Å²) in [6, 6.07) is 29.6. The van der Waals surface area contributed by atoms with Crippen LogP contribution < -0.4 is 19.9 Å². The van der Waals surface area contributed by atoms with Crippen molar-refractivity contribution in [3.8, 4) is 21.9 Å². The number of phosphoric ester groups is 1. The molecule has 0 spiro atoms. The van der Waals surface area contributed by atoms with Crippen molar-refractivity contribution in [1.82, 2.24) is 25.4 Å². The van der Waals surface area contributed by atoms with E-state index >= 15 is 0 Å². The number of nitrogens with zero attached hydrogens (tertiary/aromatic N) is 3. The van der Waals surface area contributed by atoms with Gasteiger partial charge >= 0.3 is 14.0 Å². The summed E-state index contributed by atoms with van der Waals surface area (Å²) in [6.45, 7) is 13.2. The predicted octanol–water partition coefficient (Wildman–Crippen LogP) is 9.05. The van der Waals surface area contributed by atoms with Gasteiger partial charge in [-0.15, -0.1) is 11.3 Å². The molecule has 86 heavy (non-hydrogen) atoms. The summed E-state index contributed by atoms with van der Waals surface area (Å²) in [6.07, 6.45) is -0.366. The molecule has 0 radical (unpaired) electrons. The number of hydrogen-bond acceptors (Lipinski definition) is 17. The predicted molar refractivity (Wildman–Crippen MR) is 331 cm³/mol. The normalized spacial score (nSPS) is 15.3. The maximum absolute atomic E-state index is 14.5. The van der Waals surface area contributed by atoms with E-state index in [0.717, 1.165) is 55.8 Å². The Morgan fingerprint density at radius 2 is 1.45 bits per heavy atom. The highest BCUT2D eigenvalue weighted by Gasteiger charge is 2.46. The highest BCUT2D eigenvalue weighted by molar-refractivity contribution is 8.72.